The molecule has 1 aliphatic carbocycles. The molecule has 2 N–H and O–H groups in total. The van der Waals surface area contributed by atoms with Gasteiger partial charge >= 0.3 is 0 Å². The lowest BCUT2D eigenvalue weighted by molar-refractivity contribution is -0.0535. The second-order valence-corrected chi connectivity index (χ2v) is 6.63. The Labute approximate surface area is 131 Å². The largest absolute Gasteiger partial charge is 0.393 e. The summed E-state index contributed by atoms with van der Waals surface area (Å²) < 4.78 is 5.72. The number of para-hydroxylation sites is 1. The van der Waals surface area contributed by atoms with Crippen LogP contribution >= 0.6 is 0 Å². The van der Waals surface area contributed by atoms with Crippen molar-refractivity contribution in [2.75, 3.05) is 19.8 Å². The summed E-state index contributed by atoms with van der Waals surface area (Å²) in [6.45, 7) is 3.42. The van der Waals surface area contributed by atoms with Crippen LogP contribution < -0.4 is 0 Å². The zero-order valence-electron chi connectivity index (χ0n) is 12.9. The summed E-state index contributed by atoms with van der Waals surface area (Å²) in [4.78, 5) is 5.88. The number of morpholine rings is 1. The van der Waals surface area contributed by atoms with Gasteiger partial charge in [-0.1, -0.05) is 24.6 Å². The molecular formula is C18H24N2O2. The number of hydrogen-bond donors (Lipinski definition) is 2. The highest BCUT2D eigenvalue weighted by Gasteiger charge is 2.37. The van der Waals surface area contributed by atoms with E-state index in [0.29, 0.717) is 12.0 Å². The van der Waals surface area contributed by atoms with E-state index >= 15 is 0 Å². The third kappa shape index (κ3) is 2.56. The van der Waals surface area contributed by atoms with Crippen LogP contribution in [0.3, 0.4) is 0 Å². The highest BCUT2D eigenvalue weighted by Crippen LogP contribution is 2.33. The van der Waals surface area contributed by atoms with Gasteiger partial charge in [0.1, 0.15) is 0 Å². The lowest BCUT2D eigenvalue weighted by Gasteiger charge is -2.40. The van der Waals surface area contributed by atoms with Crippen molar-refractivity contribution >= 4 is 10.9 Å². The quantitative estimate of drug-likeness (QED) is 0.916. The third-order valence-electron chi connectivity index (χ3n) is 5.35. The number of fused-ring (bicyclic) bond motifs is 1. The molecule has 0 spiro atoms. The predicted molar refractivity (Wildman–Crippen MR) is 86.7 cm³/mol. The van der Waals surface area contributed by atoms with Gasteiger partial charge in [-0.3, -0.25) is 4.90 Å². The first-order chi connectivity index (χ1) is 10.8. The minimum absolute atomic E-state index is 0.157. The van der Waals surface area contributed by atoms with Crippen molar-refractivity contribution in [3.8, 4) is 0 Å². The first-order valence-electron chi connectivity index (χ1n) is 8.38. The monoisotopic (exact) mass is 300 g/mol. The molecule has 2 aromatic rings. The number of aromatic amines is 1. The average Bonchev–Trinajstić information content (AvgIpc) is 3.17. The maximum absolute atomic E-state index is 10.3. The molecule has 22 heavy (non-hydrogen) atoms. The highest BCUT2D eigenvalue weighted by molar-refractivity contribution is 5.82. The summed E-state index contributed by atoms with van der Waals surface area (Å²) >= 11 is 0. The van der Waals surface area contributed by atoms with Crippen molar-refractivity contribution in [3.63, 3.8) is 0 Å². The Morgan fingerprint density at radius 1 is 1.27 bits per heavy atom. The zero-order valence-corrected chi connectivity index (χ0v) is 12.9. The molecule has 2 fully saturated rings. The third-order valence-corrected chi connectivity index (χ3v) is 5.35. The van der Waals surface area contributed by atoms with E-state index in [0.717, 1.165) is 45.6 Å². The van der Waals surface area contributed by atoms with E-state index in [2.05, 4.69) is 34.1 Å². The van der Waals surface area contributed by atoms with Gasteiger partial charge < -0.3 is 14.8 Å². The maximum atomic E-state index is 10.3. The molecule has 4 rings (SSSR count). The van der Waals surface area contributed by atoms with Gasteiger partial charge in [-0.05, 0) is 29.9 Å². The van der Waals surface area contributed by atoms with E-state index in [1.807, 2.05) is 6.20 Å². The lowest BCUT2D eigenvalue weighted by Crippen LogP contribution is -2.50. The number of aliphatic hydroxyl groups is 1. The Bertz CT molecular complexity index is 639. The average molecular weight is 300 g/mol. The van der Waals surface area contributed by atoms with E-state index < -0.39 is 0 Å². The number of hydrogen-bond acceptors (Lipinski definition) is 3. The van der Waals surface area contributed by atoms with Crippen molar-refractivity contribution in [1.29, 1.82) is 0 Å². The molecular weight excluding hydrogens is 276 g/mol. The number of aromatic nitrogens is 1. The van der Waals surface area contributed by atoms with Gasteiger partial charge in [0.2, 0.25) is 0 Å². The number of nitrogens with zero attached hydrogens (tertiary/aromatic N) is 1. The Balaban J connectivity index is 1.58. The van der Waals surface area contributed by atoms with Crippen molar-refractivity contribution in [1.82, 2.24) is 9.88 Å². The fourth-order valence-electron chi connectivity index (χ4n) is 4.17. The standard InChI is InChI=1S/C18H24N2O2/c21-17-6-2-5-15(17)16-12-22-10-9-20(16)11-14-4-1-3-13-7-8-19-18(13)14/h1,3-4,7-8,15-17,19,21H,2,5-6,9-12H2. The summed E-state index contributed by atoms with van der Waals surface area (Å²) in [5, 5.41) is 11.5. The molecule has 0 amide bonds. The molecule has 0 bridgehead atoms. The maximum Gasteiger partial charge on any atom is 0.0626 e. The molecule has 4 nitrogen and oxygen atoms in total. The first kappa shape index (κ1) is 14.2. The van der Waals surface area contributed by atoms with Crippen LogP contribution in [0.2, 0.25) is 0 Å². The molecule has 2 aliphatic rings. The molecule has 1 saturated heterocycles. The number of rotatable bonds is 3. The van der Waals surface area contributed by atoms with Crippen molar-refractivity contribution in [2.45, 2.75) is 38.0 Å². The zero-order chi connectivity index (χ0) is 14.9. The van der Waals surface area contributed by atoms with Gasteiger partial charge in [-0.25, -0.2) is 0 Å². The predicted octanol–water partition coefficient (Wildman–Crippen LogP) is 2.53. The number of ether oxygens (including phenoxy) is 1. The highest BCUT2D eigenvalue weighted by atomic mass is 16.5. The molecule has 0 radical (unpaired) electrons. The summed E-state index contributed by atoms with van der Waals surface area (Å²) in [5.74, 6) is 0.364. The van der Waals surface area contributed by atoms with Crippen LogP contribution in [0.5, 0.6) is 0 Å². The Kier molecular flexibility index (Phi) is 3.90. The normalized spacial score (nSPS) is 30.1. The number of nitrogens with one attached hydrogen (secondary N) is 1. The second-order valence-electron chi connectivity index (χ2n) is 6.63. The SMILES string of the molecule is OC1CCCC1C1COCCN1Cc1cccc2cc[nH]c12. The van der Waals surface area contributed by atoms with Crippen LogP contribution in [0.1, 0.15) is 24.8 Å². The van der Waals surface area contributed by atoms with Gasteiger partial charge in [-0.15, -0.1) is 0 Å². The second kappa shape index (κ2) is 6.03. The fourth-order valence-corrected chi connectivity index (χ4v) is 4.17. The van der Waals surface area contributed by atoms with Crippen molar-refractivity contribution < 1.29 is 9.84 Å². The molecule has 4 heteroatoms. The van der Waals surface area contributed by atoms with Crippen molar-refractivity contribution in [2.24, 2.45) is 5.92 Å². The van der Waals surface area contributed by atoms with E-state index in [-0.39, 0.29) is 6.10 Å². The molecule has 3 unspecified atom stereocenters. The Morgan fingerprint density at radius 2 is 2.23 bits per heavy atom. The minimum Gasteiger partial charge on any atom is -0.393 e. The van der Waals surface area contributed by atoms with Gasteiger partial charge in [0, 0.05) is 36.8 Å². The molecule has 3 atom stereocenters. The Hall–Kier alpha value is -1.36. The van der Waals surface area contributed by atoms with Crippen LogP contribution in [-0.4, -0.2) is 46.9 Å². The first-order valence-corrected chi connectivity index (χ1v) is 8.38. The van der Waals surface area contributed by atoms with Gasteiger partial charge in [-0.2, -0.15) is 0 Å². The van der Waals surface area contributed by atoms with E-state index in [9.17, 15) is 5.11 Å². The van der Waals surface area contributed by atoms with Crippen molar-refractivity contribution in [3.05, 3.63) is 36.0 Å². The molecule has 1 aromatic heterocycles. The molecule has 2 heterocycles. The summed E-state index contributed by atoms with van der Waals surface area (Å²) in [6, 6.07) is 8.95. The molecule has 1 saturated carbocycles. The number of benzene rings is 1. The molecule has 118 valence electrons. The van der Waals surface area contributed by atoms with Crippen LogP contribution in [0.15, 0.2) is 30.5 Å². The van der Waals surface area contributed by atoms with E-state index in [1.165, 1.54) is 16.5 Å². The van der Waals surface area contributed by atoms with Gasteiger partial charge in [0.25, 0.3) is 0 Å². The summed E-state index contributed by atoms with van der Waals surface area (Å²) in [6.07, 6.45) is 5.06. The van der Waals surface area contributed by atoms with E-state index in [4.69, 9.17) is 4.74 Å². The van der Waals surface area contributed by atoms with Crippen LogP contribution in [-0.2, 0) is 11.3 Å². The van der Waals surface area contributed by atoms with Gasteiger partial charge in [0.05, 0.1) is 19.3 Å². The topological polar surface area (TPSA) is 48.5 Å². The smallest absolute Gasteiger partial charge is 0.0626 e. The lowest BCUT2D eigenvalue weighted by atomic mass is 9.93. The van der Waals surface area contributed by atoms with Gasteiger partial charge in [0.15, 0.2) is 0 Å². The summed E-state index contributed by atoms with van der Waals surface area (Å²) in [5.41, 5.74) is 2.57. The minimum atomic E-state index is -0.157. The number of H-pyrrole nitrogens is 1. The van der Waals surface area contributed by atoms with Crippen LogP contribution in [0.4, 0.5) is 0 Å². The summed E-state index contributed by atoms with van der Waals surface area (Å²) in [7, 11) is 0. The van der Waals surface area contributed by atoms with Crippen LogP contribution in [0, 0.1) is 5.92 Å². The Morgan fingerprint density at radius 3 is 3.09 bits per heavy atom. The van der Waals surface area contributed by atoms with E-state index in [1.54, 1.807) is 0 Å². The number of aliphatic hydroxyl groups excluding tert-OH is 1. The molecule has 1 aliphatic heterocycles. The van der Waals surface area contributed by atoms with Crippen LogP contribution in [0.25, 0.3) is 10.9 Å². The molecule has 1 aromatic carbocycles. The fraction of sp³-hybridized carbons (Fsp3) is 0.556.